The zero-order valence-corrected chi connectivity index (χ0v) is 11.8. The molecule has 17 heavy (non-hydrogen) atoms. The van der Waals surface area contributed by atoms with Crippen molar-refractivity contribution in [3.05, 3.63) is 17.0 Å². The van der Waals surface area contributed by atoms with Crippen LogP contribution in [-0.2, 0) is 7.05 Å². The van der Waals surface area contributed by atoms with Gasteiger partial charge in [-0.1, -0.05) is 0 Å². The molecule has 0 atom stereocenters. The third-order valence-electron chi connectivity index (χ3n) is 1.90. The van der Waals surface area contributed by atoms with Crippen molar-refractivity contribution in [2.45, 2.75) is 17.1 Å². The van der Waals surface area contributed by atoms with Crippen molar-refractivity contribution in [3.8, 4) is 0 Å². The van der Waals surface area contributed by atoms with Gasteiger partial charge in [0.1, 0.15) is 11.4 Å². The SMILES string of the molecule is CCNc1ncc(Br)c(Sc2ncnn2C)n1. The van der Waals surface area contributed by atoms with Gasteiger partial charge in [0, 0.05) is 19.8 Å². The molecule has 8 heteroatoms. The number of aryl methyl sites for hydroxylation is 1. The minimum atomic E-state index is 0.611. The molecule has 0 aliphatic carbocycles. The lowest BCUT2D eigenvalue weighted by Crippen LogP contribution is -2.03. The topological polar surface area (TPSA) is 68.5 Å². The van der Waals surface area contributed by atoms with E-state index < -0.39 is 0 Å². The van der Waals surface area contributed by atoms with E-state index in [2.05, 4.69) is 41.3 Å². The summed E-state index contributed by atoms with van der Waals surface area (Å²) in [6.07, 6.45) is 3.24. The van der Waals surface area contributed by atoms with Crippen LogP contribution >= 0.6 is 27.7 Å². The molecule has 0 amide bonds. The van der Waals surface area contributed by atoms with Crippen LogP contribution in [-0.4, -0.2) is 31.3 Å². The maximum Gasteiger partial charge on any atom is 0.223 e. The number of aromatic nitrogens is 5. The molecule has 0 aromatic carbocycles. The van der Waals surface area contributed by atoms with Crippen molar-refractivity contribution in [3.63, 3.8) is 0 Å². The molecular weight excluding hydrogens is 304 g/mol. The number of halogens is 1. The highest BCUT2D eigenvalue weighted by Gasteiger charge is 2.10. The highest BCUT2D eigenvalue weighted by atomic mass is 79.9. The number of hydrogen-bond donors (Lipinski definition) is 1. The summed E-state index contributed by atoms with van der Waals surface area (Å²) in [4.78, 5) is 12.7. The normalized spacial score (nSPS) is 10.5. The zero-order valence-electron chi connectivity index (χ0n) is 9.38. The van der Waals surface area contributed by atoms with E-state index in [1.807, 2.05) is 14.0 Å². The Balaban J connectivity index is 2.25. The number of nitrogens with one attached hydrogen (secondary N) is 1. The Morgan fingerprint density at radius 3 is 2.94 bits per heavy atom. The van der Waals surface area contributed by atoms with E-state index in [0.29, 0.717) is 5.95 Å². The predicted octanol–water partition coefficient (Wildman–Crippen LogP) is 1.95. The second-order valence-corrected chi connectivity index (χ2v) is 4.96. The van der Waals surface area contributed by atoms with Crippen LogP contribution in [0.2, 0.25) is 0 Å². The molecule has 1 N–H and O–H groups in total. The lowest BCUT2D eigenvalue weighted by atomic mass is 10.6. The van der Waals surface area contributed by atoms with Gasteiger partial charge in [-0.3, -0.25) is 0 Å². The molecule has 2 aromatic heterocycles. The third kappa shape index (κ3) is 2.95. The van der Waals surface area contributed by atoms with Gasteiger partial charge in [-0.25, -0.2) is 19.6 Å². The van der Waals surface area contributed by atoms with Crippen molar-refractivity contribution < 1.29 is 0 Å². The molecule has 0 saturated carbocycles. The Morgan fingerprint density at radius 2 is 2.29 bits per heavy atom. The van der Waals surface area contributed by atoms with Crippen LogP contribution in [0.3, 0.4) is 0 Å². The standard InChI is InChI=1S/C9H11BrN6S/c1-3-11-8-12-4-6(10)7(15-8)17-9-13-5-14-16(9)2/h4-5H,3H2,1-2H3,(H,11,12,15). The van der Waals surface area contributed by atoms with E-state index in [9.17, 15) is 0 Å². The van der Waals surface area contributed by atoms with E-state index in [4.69, 9.17) is 0 Å². The first-order valence-electron chi connectivity index (χ1n) is 4.99. The lowest BCUT2D eigenvalue weighted by molar-refractivity contribution is 0.684. The molecule has 0 spiro atoms. The number of anilines is 1. The van der Waals surface area contributed by atoms with Gasteiger partial charge in [-0.15, -0.1) is 0 Å². The quantitative estimate of drug-likeness (QED) is 0.870. The van der Waals surface area contributed by atoms with Crippen LogP contribution in [0.4, 0.5) is 5.95 Å². The Kier molecular flexibility index (Phi) is 3.95. The van der Waals surface area contributed by atoms with E-state index in [0.717, 1.165) is 21.2 Å². The van der Waals surface area contributed by atoms with Crippen molar-refractivity contribution in [2.75, 3.05) is 11.9 Å². The molecule has 0 radical (unpaired) electrons. The lowest BCUT2D eigenvalue weighted by Gasteiger charge is -2.05. The summed E-state index contributed by atoms with van der Waals surface area (Å²) in [7, 11) is 1.84. The molecule has 0 saturated heterocycles. The molecule has 2 rings (SSSR count). The first-order valence-corrected chi connectivity index (χ1v) is 6.60. The van der Waals surface area contributed by atoms with Gasteiger partial charge in [0.05, 0.1) is 4.47 Å². The summed E-state index contributed by atoms with van der Waals surface area (Å²) < 4.78 is 2.54. The summed E-state index contributed by atoms with van der Waals surface area (Å²) in [6.45, 7) is 2.79. The van der Waals surface area contributed by atoms with Crippen LogP contribution in [0.5, 0.6) is 0 Å². The molecule has 6 nitrogen and oxygen atoms in total. The van der Waals surface area contributed by atoms with Gasteiger partial charge in [0.15, 0.2) is 5.16 Å². The molecule has 0 aliphatic rings. The first kappa shape index (κ1) is 12.3. The zero-order chi connectivity index (χ0) is 12.3. The van der Waals surface area contributed by atoms with Gasteiger partial charge >= 0.3 is 0 Å². The van der Waals surface area contributed by atoms with Crippen molar-refractivity contribution in [1.82, 2.24) is 24.7 Å². The largest absolute Gasteiger partial charge is 0.354 e. The highest BCUT2D eigenvalue weighted by Crippen LogP contribution is 2.30. The molecule has 0 aliphatic heterocycles. The first-order chi connectivity index (χ1) is 8.20. The average molecular weight is 315 g/mol. The van der Waals surface area contributed by atoms with Crippen LogP contribution in [0.25, 0.3) is 0 Å². The van der Waals surface area contributed by atoms with Gasteiger partial charge < -0.3 is 5.32 Å². The molecule has 2 heterocycles. The monoisotopic (exact) mass is 314 g/mol. The van der Waals surface area contributed by atoms with Gasteiger partial charge in [-0.05, 0) is 34.6 Å². The minimum absolute atomic E-state index is 0.611. The number of hydrogen-bond acceptors (Lipinski definition) is 6. The minimum Gasteiger partial charge on any atom is -0.354 e. The molecule has 0 unspecified atom stereocenters. The van der Waals surface area contributed by atoms with Crippen molar-refractivity contribution >= 4 is 33.6 Å². The van der Waals surface area contributed by atoms with E-state index >= 15 is 0 Å². The Hall–Kier alpha value is -1.15. The Labute approximate surface area is 111 Å². The van der Waals surface area contributed by atoms with Crippen LogP contribution in [0.1, 0.15) is 6.92 Å². The molecular formula is C9H11BrN6S. The van der Waals surface area contributed by atoms with E-state index in [1.165, 1.54) is 18.1 Å². The fourth-order valence-corrected chi connectivity index (χ4v) is 2.30. The number of nitrogens with zero attached hydrogens (tertiary/aromatic N) is 5. The summed E-state index contributed by atoms with van der Waals surface area (Å²) in [5.74, 6) is 0.611. The summed E-state index contributed by atoms with van der Waals surface area (Å²) in [5, 5.41) is 8.68. The van der Waals surface area contributed by atoms with Gasteiger partial charge in [0.2, 0.25) is 5.95 Å². The Bertz CT molecular complexity index is 514. The molecule has 2 aromatic rings. The summed E-state index contributed by atoms with van der Waals surface area (Å²) in [5.41, 5.74) is 0. The fraction of sp³-hybridized carbons (Fsp3) is 0.333. The average Bonchev–Trinajstić information content (AvgIpc) is 2.70. The second-order valence-electron chi connectivity index (χ2n) is 3.15. The Morgan fingerprint density at radius 1 is 1.47 bits per heavy atom. The molecule has 90 valence electrons. The smallest absolute Gasteiger partial charge is 0.223 e. The maximum absolute atomic E-state index is 4.39. The van der Waals surface area contributed by atoms with E-state index in [1.54, 1.807) is 10.9 Å². The molecule has 0 fully saturated rings. The van der Waals surface area contributed by atoms with Crippen LogP contribution < -0.4 is 5.32 Å². The van der Waals surface area contributed by atoms with Crippen LogP contribution in [0.15, 0.2) is 27.2 Å². The predicted molar refractivity (Wildman–Crippen MR) is 69.0 cm³/mol. The van der Waals surface area contributed by atoms with E-state index in [-0.39, 0.29) is 0 Å². The van der Waals surface area contributed by atoms with Crippen molar-refractivity contribution in [1.29, 1.82) is 0 Å². The second kappa shape index (κ2) is 5.46. The molecule has 0 bridgehead atoms. The summed E-state index contributed by atoms with van der Waals surface area (Å²) >= 11 is 4.86. The highest BCUT2D eigenvalue weighted by molar-refractivity contribution is 9.10. The van der Waals surface area contributed by atoms with Crippen LogP contribution in [0, 0.1) is 0 Å². The summed E-state index contributed by atoms with van der Waals surface area (Å²) in [6, 6.07) is 0. The number of rotatable bonds is 4. The van der Waals surface area contributed by atoms with Gasteiger partial charge in [-0.2, -0.15) is 5.10 Å². The fourth-order valence-electron chi connectivity index (χ4n) is 1.13. The van der Waals surface area contributed by atoms with Gasteiger partial charge in [0.25, 0.3) is 0 Å². The third-order valence-corrected chi connectivity index (χ3v) is 3.80. The van der Waals surface area contributed by atoms with Crippen molar-refractivity contribution in [2.24, 2.45) is 7.05 Å². The maximum atomic E-state index is 4.39.